The molecule has 0 aliphatic carbocycles. The van der Waals surface area contributed by atoms with Crippen molar-refractivity contribution >= 4 is 57.1 Å². The molecule has 4 aliphatic heterocycles. The summed E-state index contributed by atoms with van der Waals surface area (Å²) in [7, 11) is 0. The topological polar surface area (TPSA) is 272 Å². The van der Waals surface area contributed by atoms with E-state index >= 15 is 0 Å². The second-order valence-corrected chi connectivity index (χ2v) is 15.3. The number of nitrogens with zero attached hydrogens (tertiary/aromatic N) is 2. The van der Waals surface area contributed by atoms with Gasteiger partial charge in [-0.1, -0.05) is 32.9 Å². The third-order valence-corrected chi connectivity index (χ3v) is 10.5. The van der Waals surface area contributed by atoms with E-state index in [0.29, 0.717) is 57.3 Å². The number of oxazole rings is 2. The van der Waals surface area contributed by atoms with Gasteiger partial charge in [0, 0.05) is 0 Å². The molecule has 57 heavy (non-hydrogen) atoms. The average Bonchev–Trinajstić information content (AvgIpc) is 3.85. The van der Waals surface area contributed by atoms with E-state index in [4.69, 9.17) is 18.3 Å². The Kier molecular flexibility index (Phi) is 11.4. The minimum absolute atomic E-state index is 0. The average molecular weight is 798 g/mol. The van der Waals surface area contributed by atoms with Crippen molar-refractivity contribution in [3.63, 3.8) is 0 Å². The fraction of sp³-hybridized carbons (Fsp3) is 0.421. The maximum atomic E-state index is 12.9. The fourth-order valence-electron chi connectivity index (χ4n) is 7.78. The molecule has 2 fully saturated rings. The predicted molar refractivity (Wildman–Crippen MR) is 189 cm³/mol. The Hall–Kier alpha value is -4.82. The number of hydrogen-bond donors (Lipinski definition) is 4. The molecular formula is C38H38N4NaO14-. The molecule has 7 atom stereocenters. The van der Waals surface area contributed by atoms with E-state index in [1.807, 2.05) is 0 Å². The first-order valence-corrected chi connectivity index (χ1v) is 17.8. The Morgan fingerprint density at radius 2 is 1.26 bits per heavy atom. The Balaban J connectivity index is 0.000000196. The van der Waals surface area contributed by atoms with Crippen LogP contribution in [0, 0.1) is 17.3 Å². The molecule has 2 aromatic carbocycles. The Bertz CT molecular complexity index is 2470. The van der Waals surface area contributed by atoms with E-state index in [1.54, 1.807) is 57.2 Å². The molecule has 2 aromatic heterocycles. The smallest absolute Gasteiger partial charge is 0.831 e. The summed E-state index contributed by atoms with van der Waals surface area (Å²) in [4.78, 5) is 79.7. The largest absolute Gasteiger partial charge is 1.00 e. The zero-order valence-corrected chi connectivity index (χ0v) is 33.8. The number of carbonyl (C=O) groups is 4. The number of aromatic nitrogens is 2. The van der Waals surface area contributed by atoms with Crippen molar-refractivity contribution in [2.24, 2.45) is 17.3 Å². The Morgan fingerprint density at radius 1 is 0.825 bits per heavy atom. The van der Waals surface area contributed by atoms with Crippen LogP contribution in [-0.2, 0) is 28.7 Å². The molecule has 296 valence electrons. The first-order valence-electron chi connectivity index (χ1n) is 17.8. The third-order valence-electron chi connectivity index (χ3n) is 10.5. The maximum Gasteiger partial charge on any atom is 1.00 e. The summed E-state index contributed by atoms with van der Waals surface area (Å²) in [5.74, 6) is -5.48. The summed E-state index contributed by atoms with van der Waals surface area (Å²) in [5, 5.41) is 43.3. The standard InChI is InChI=1S/C22H25N2O8.C16H14N2O6.Na/c1-10(25)16-14-8-12(11-5-6-15-13(7-11)23-21(29)32-15)17(24(14)18(16)26)19(27)30-9-31-20(28)22(2,3)4;1-6(19)12-10-5-8(13(15(21)22)18(10)14(12)20)7-2-3-11-9(4-7)17-16(23)24-11;/h5-7,10,14,16,20,25H,8-9H2,1-4H3,(H,23,29);2-4,6,10,12,19H,5H2,1H3,(H,17,23)(H,21,22);/q-1;;+1/p-1/t10-,14-,16-,20?;6-,10-,12-;/m11./s1. The quantitative estimate of drug-likeness (QED) is 0.0566. The summed E-state index contributed by atoms with van der Waals surface area (Å²) < 4.78 is 20.2. The summed E-state index contributed by atoms with van der Waals surface area (Å²) in [6.07, 6.45) is -2.49. The number of amides is 2. The molecule has 0 spiro atoms. The summed E-state index contributed by atoms with van der Waals surface area (Å²) in [6.45, 7) is 7.62. The van der Waals surface area contributed by atoms with Gasteiger partial charge in [0.15, 0.2) is 18.0 Å². The predicted octanol–water partition coefficient (Wildman–Crippen LogP) is -3.11. The van der Waals surface area contributed by atoms with Crippen LogP contribution >= 0.6 is 0 Å². The minimum atomic E-state index is -1.44. The first-order chi connectivity index (χ1) is 26.4. The van der Waals surface area contributed by atoms with E-state index < -0.39 is 71.9 Å². The van der Waals surface area contributed by atoms with E-state index in [1.165, 1.54) is 23.6 Å². The number of hydrogen-bond acceptors (Lipinski definition) is 14. The number of benzene rings is 2. The normalized spacial score (nSPS) is 22.9. The number of esters is 1. The molecule has 0 saturated carbocycles. The molecule has 4 aromatic rings. The van der Waals surface area contributed by atoms with E-state index in [2.05, 4.69) is 9.97 Å². The van der Waals surface area contributed by atoms with Crippen LogP contribution in [0.15, 0.2) is 66.2 Å². The Labute approximate surface area is 345 Å². The van der Waals surface area contributed by atoms with Gasteiger partial charge in [-0.05, 0) is 84.9 Å². The summed E-state index contributed by atoms with van der Waals surface area (Å²) >= 11 is 0. The molecule has 6 heterocycles. The molecule has 8 rings (SSSR count). The zero-order valence-electron chi connectivity index (χ0n) is 31.8. The van der Waals surface area contributed by atoms with Crippen LogP contribution in [0.5, 0.6) is 0 Å². The molecule has 19 heteroatoms. The van der Waals surface area contributed by atoms with Gasteiger partial charge in [-0.25, -0.2) is 14.4 Å². The van der Waals surface area contributed by atoms with Crippen LogP contribution in [0.25, 0.3) is 33.3 Å². The second kappa shape index (κ2) is 15.5. The third kappa shape index (κ3) is 7.42. The first kappa shape index (κ1) is 41.8. The molecule has 4 aliphatic rings. The number of β-lactam (4-membered cyclic amide) rings is 2. The SMILES string of the molecule is C[C@@H](O)[C@H]1C(=O)N2C(C(=O)OCOC([O-])C(C)(C)C)=C(c3ccc4oc(=O)[nH]c4c3)C[C@H]12.C[C@@H](O)[C@H]1C(=O)N2C(C(=O)[O-])=C(c3ccc4oc(=O)[nH]c4c3)C[C@H]12.[Na+]. The maximum absolute atomic E-state index is 12.9. The van der Waals surface area contributed by atoms with Gasteiger partial charge in [-0.2, -0.15) is 0 Å². The van der Waals surface area contributed by atoms with Crippen molar-refractivity contribution < 1.29 is 87.5 Å². The number of aliphatic hydroxyl groups excluding tert-OH is 2. The van der Waals surface area contributed by atoms with Crippen molar-refractivity contribution in [3.8, 4) is 0 Å². The van der Waals surface area contributed by atoms with Crippen LogP contribution in [-0.4, -0.2) is 91.1 Å². The number of aliphatic carboxylic acids is 1. The van der Waals surface area contributed by atoms with Crippen LogP contribution < -0.4 is 51.3 Å². The molecule has 2 saturated heterocycles. The van der Waals surface area contributed by atoms with Crippen molar-refractivity contribution in [1.29, 1.82) is 0 Å². The van der Waals surface area contributed by atoms with Crippen molar-refractivity contribution in [2.45, 2.75) is 78.0 Å². The van der Waals surface area contributed by atoms with Crippen molar-refractivity contribution in [3.05, 3.63) is 80.0 Å². The van der Waals surface area contributed by atoms with Gasteiger partial charge < -0.3 is 53.3 Å². The number of H-pyrrole nitrogens is 2. The van der Waals surface area contributed by atoms with Crippen LogP contribution in [0.3, 0.4) is 0 Å². The number of carboxylic acid groups (broad SMARTS) is 1. The second-order valence-electron chi connectivity index (χ2n) is 15.3. The summed E-state index contributed by atoms with van der Waals surface area (Å²) in [5.41, 5.74) is 2.95. The molecule has 1 unspecified atom stereocenters. The van der Waals surface area contributed by atoms with Gasteiger partial charge in [0.2, 0.25) is 11.8 Å². The van der Waals surface area contributed by atoms with Gasteiger partial charge >= 0.3 is 47.0 Å². The molecule has 2 amide bonds. The molecule has 0 bridgehead atoms. The molecule has 18 nitrogen and oxygen atoms in total. The van der Waals surface area contributed by atoms with Crippen LogP contribution in [0.4, 0.5) is 0 Å². The number of nitrogens with one attached hydrogen (secondary N) is 2. The number of rotatable bonds is 9. The van der Waals surface area contributed by atoms with Crippen molar-refractivity contribution in [2.75, 3.05) is 6.79 Å². The molecule has 0 radical (unpaired) electrons. The van der Waals surface area contributed by atoms with Crippen LogP contribution in [0.2, 0.25) is 0 Å². The molecular weight excluding hydrogens is 759 g/mol. The van der Waals surface area contributed by atoms with Crippen LogP contribution in [0.1, 0.15) is 58.6 Å². The van der Waals surface area contributed by atoms with Gasteiger partial charge in [-0.15, -0.1) is 0 Å². The van der Waals surface area contributed by atoms with Gasteiger partial charge in [0.05, 0.1) is 58.8 Å². The number of carbonyl (C=O) groups excluding carboxylic acids is 4. The minimum Gasteiger partial charge on any atom is -0.831 e. The number of ether oxygens (including phenoxy) is 2. The van der Waals surface area contributed by atoms with Gasteiger partial charge in [-0.3, -0.25) is 19.6 Å². The van der Waals surface area contributed by atoms with Crippen molar-refractivity contribution in [1.82, 2.24) is 19.8 Å². The summed E-state index contributed by atoms with van der Waals surface area (Å²) in [6, 6.07) is 8.95. The number of fused-ring (bicyclic) bond motifs is 4. The van der Waals surface area contributed by atoms with E-state index in [0.717, 1.165) is 0 Å². The fourth-order valence-corrected chi connectivity index (χ4v) is 7.78. The van der Waals surface area contributed by atoms with E-state index in [9.17, 15) is 49.2 Å². The van der Waals surface area contributed by atoms with Gasteiger partial charge in [0.1, 0.15) is 5.70 Å². The number of carboxylic acids is 1. The zero-order chi connectivity index (χ0) is 40.5. The molecule has 4 N–H and O–H groups in total. The number of aliphatic hydroxyl groups is 2. The number of aromatic amines is 2. The monoisotopic (exact) mass is 797 g/mol. The Morgan fingerprint density at radius 3 is 1.68 bits per heavy atom. The van der Waals surface area contributed by atoms with E-state index in [-0.39, 0.29) is 58.9 Å². The van der Waals surface area contributed by atoms with Gasteiger partial charge in [0.25, 0.3) is 0 Å².